The number of amides is 1. The number of hydrogen-bond donors (Lipinski definition) is 2. The number of nitrogens with one attached hydrogen (secondary N) is 2. The van der Waals surface area contributed by atoms with Crippen LogP contribution in [0, 0.1) is 12.7 Å². The molecule has 2 aromatic rings. The van der Waals surface area contributed by atoms with E-state index in [4.69, 9.17) is 0 Å². The van der Waals surface area contributed by atoms with E-state index < -0.39 is 6.04 Å². The molecule has 1 fully saturated rings. The molecular formula is C18H19FN2O. The monoisotopic (exact) mass is 298 g/mol. The molecule has 0 bridgehead atoms. The summed E-state index contributed by atoms with van der Waals surface area (Å²) in [5.41, 5.74) is 2.78. The fourth-order valence-electron chi connectivity index (χ4n) is 2.28. The van der Waals surface area contributed by atoms with Gasteiger partial charge in [-0.2, -0.15) is 0 Å². The molecule has 0 heterocycles. The van der Waals surface area contributed by atoms with E-state index in [1.165, 1.54) is 12.1 Å². The average molecular weight is 298 g/mol. The first-order valence-corrected chi connectivity index (χ1v) is 7.51. The van der Waals surface area contributed by atoms with Crippen LogP contribution in [0.15, 0.2) is 48.5 Å². The first kappa shape index (κ1) is 14.6. The molecule has 1 atom stereocenters. The highest BCUT2D eigenvalue weighted by atomic mass is 19.1. The van der Waals surface area contributed by atoms with Crippen molar-refractivity contribution >= 4 is 11.6 Å². The standard InChI is InChI=1S/C18H19FN2O/c1-12-2-8-15(9-3-12)20-17(18(22)21-16-10-11-16)13-4-6-14(19)7-5-13/h2-9,16-17,20H,10-11H2,1H3,(H,21,22). The fourth-order valence-corrected chi connectivity index (χ4v) is 2.28. The topological polar surface area (TPSA) is 41.1 Å². The maximum atomic E-state index is 13.1. The number of hydrogen-bond acceptors (Lipinski definition) is 2. The lowest BCUT2D eigenvalue weighted by atomic mass is 10.1. The van der Waals surface area contributed by atoms with Gasteiger partial charge >= 0.3 is 0 Å². The van der Waals surface area contributed by atoms with Crippen LogP contribution in [0.3, 0.4) is 0 Å². The fraction of sp³-hybridized carbons (Fsp3) is 0.278. The summed E-state index contributed by atoms with van der Waals surface area (Å²) in [6.07, 6.45) is 2.07. The van der Waals surface area contributed by atoms with Crippen LogP contribution in [0.1, 0.15) is 30.0 Å². The highest BCUT2D eigenvalue weighted by Gasteiger charge is 2.28. The minimum Gasteiger partial charge on any atom is -0.370 e. The lowest BCUT2D eigenvalue weighted by molar-refractivity contribution is -0.122. The second kappa shape index (κ2) is 6.18. The van der Waals surface area contributed by atoms with Gasteiger partial charge < -0.3 is 10.6 Å². The van der Waals surface area contributed by atoms with Crippen LogP contribution in [0.2, 0.25) is 0 Å². The molecule has 1 amide bonds. The molecule has 0 radical (unpaired) electrons. The van der Waals surface area contributed by atoms with Crippen molar-refractivity contribution in [2.45, 2.75) is 31.8 Å². The Balaban J connectivity index is 1.82. The predicted octanol–water partition coefficient (Wildman–Crippen LogP) is 3.57. The third-order valence-electron chi connectivity index (χ3n) is 3.75. The van der Waals surface area contributed by atoms with E-state index in [1.807, 2.05) is 31.2 Å². The maximum absolute atomic E-state index is 13.1. The number of halogens is 1. The van der Waals surface area contributed by atoms with E-state index in [0.717, 1.165) is 29.7 Å². The zero-order valence-corrected chi connectivity index (χ0v) is 12.5. The number of aryl methyl sites for hydroxylation is 1. The van der Waals surface area contributed by atoms with Gasteiger partial charge in [-0.25, -0.2) is 4.39 Å². The van der Waals surface area contributed by atoms with Crippen molar-refractivity contribution in [3.05, 3.63) is 65.5 Å². The lowest BCUT2D eigenvalue weighted by Crippen LogP contribution is -2.34. The van der Waals surface area contributed by atoms with Crippen LogP contribution in [-0.4, -0.2) is 11.9 Å². The number of benzene rings is 2. The molecule has 2 aromatic carbocycles. The van der Waals surface area contributed by atoms with Crippen LogP contribution >= 0.6 is 0 Å². The summed E-state index contributed by atoms with van der Waals surface area (Å²) < 4.78 is 13.1. The highest BCUT2D eigenvalue weighted by Crippen LogP contribution is 2.24. The Morgan fingerprint density at radius 2 is 1.73 bits per heavy atom. The Bertz CT molecular complexity index is 648. The van der Waals surface area contributed by atoms with Crippen LogP contribution in [0.4, 0.5) is 10.1 Å². The number of carbonyl (C=O) groups is 1. The van der Waals surface area contributed by atoms with Crippen LogP contribution in [0.5, 0.6) is 0 Å². The van der Waals surface area contributed by atoms with Crippen molar-refractivity contribution in [3.8, 4) is 0 Å². The average Bonchev–Trinajstić information content (AvgIpc) is 3.31. The molecule has 3 rings (SSSR count). The summed E-state index contributed by atoms with van der Waals surface area (Å²) in [5, 5.41) is 6.24. The first-order chi connectivity index (χ1) is 10.6. The predicted molar refractivity (Wildman–Crippen MR) is 85.1 cm³/mol. The largest absolute Gasteiger partial charge is 0.370 e. The Kier molecular flexibility index (Phi) is 4.09. The third kappa shape index (κ3) is 3.64. The molecule has 1 saturated carbocycles. The van der Waals surface area contributed by atoms with Crippen LogP contribution in [-0.2, 0) is 4.79 Å². The Hall–Kier alpha value is -2.36. The van der Waals surface area contributed by atoms with Gasteiger partial charge in [-0.15, -0.1) is 0 Å². The van der Waals surface area contributed by atoms with E-state index in [0.29, 0.717) is 0 Å². The molecule has 1 aliphatic carbocycles. The smallest absolute Gasteiger partial charge is 0.247 e. The molecule has 4 heteroatoms. The number of carbonyl (C=O) groups excluding carboxylic acids is 1. The van der Waals surface area contributed by atoms with Gasteiger partial charge in [-0.05, 0) is 49.6 Å². The summed E-state index contributed by atoms with van der Waals surface area (Å²) >= 11 is 0. The molecule has 3 nitrogen and oxygen atoms in total. The molecular weight excluding hydrogens is 279 g/mol. The minimum absolute atomic E-state index is 0.0744. The molecule has 1 unspecified atom stereocenters. The van der Waals surface area contributed by atoms with Crippen molar-refractivity contribution in [1.82, 2.24) is 5.32 Å². The minimum atomic E-state index is -0.524. The second-order valence-electron chi connectivity index (χ2n) is 5.78. The van der Waals surface area contributed by atoms with E-state index in [9.17, 15) is 9.18 Å². The van der Waals surface area contributed by atoms with E-state index in [2.05, 4.69) is 10.6 Å². The zero-order valence-electron chi connectivity index (χ0n) is 12.5. The summed E-state index contributed by atoms with van der Waals surface area (Å²) in [4.78, 5) is 12.5. The van der Waals surface area contributed by atoms with Crippen molar-refractivity contribution < 1.29 is 9.18 Å². The summed E-state index contributed by atoms with van der Waals surface area (Å²) in [6.45, 7) is 2.01. The zero-order chi connectivity index (χ0) is 15.5. The molecule has 1 aliphatic rings. The molecule has 0 aliphatic heterocycles. The van der Waals surface area contributed by atoms with Crippen LogP contribution in [0.25, 0.3) is 0 Å². The molecule has 2 N–H and O–H groups in total. The molecule has 22 heavy (non-hydrogen) atoms. The number of rotatable bonds is 5. The number of anilines is 1. The van der Waals surface area contributed by atoms with E-state index in [-0.39, 0.29) is 17.8 Å². The summed E-state index contributed by atoms with van der Waals surface area (Å²) in [5.74, 6) is -0.380. The molecule has 114 valence electrons. The second-order valence-corrected chi connectivity index (χ2v) is 5.78. The SMILES string of the molecule is Cc1ccc(NC(C(=O)NC2CC2)c2ccc(F)cc2)cc1. The van der Waals surface area contributed by atoms with Gasteiger partial charge in [0.05, 0.1) is 0 Å². The summed E-state index contributed by atoms with van der Waals surface area (Å²) in [7, 11) is 0. The lowest BCUT2D eigenvalue weighted by Gasteiger charge is -2.20. The maximum Gasteiger partial charge on any atom is 0.247 e. The van der Waals surface area contributed by atoms with Gasteiger partial charge in [0.15, 0.2) is 0 Å². The van der Waals surface area contributed by atoms with E-state index >= 15 is 0 Å². The Morgan fingerprint density at radius 3 is 2.32 bits per heavy atom. The summed E-state index contributed by atoms with van der Waals surface area (Å²) in [6, 6.07) is 13.7. The molecule has 0 saturated heterocycles. The van der Waals surface area contributed by atoms with Gasteiger partial charge in [0.1, 0.15) is 11.9 Å². The van der Waals surface area contributed by atoms with Gasteiger partial charge in [0, 0.05) is 11.7 Å². The van der Waals surface area contributed by atoms with Gasteiger partial charge in [-0.3, -0.25) is 4.79 Å². The van der Waals surface area contributed by atoms with Crippen molar-refractivity contribution in [1.29, 1.82) is 0 Å². The molecule has 0 spiro atoms. The van der Waals surface area contributed by atoms with Crippen molar-refractivity contribution in [2.24, 2.45) is 0 Å². The normalized spacial score (nSPS) is 15.2. The van der Waals surface area contributed by atoms with Gasteiger partial charge in [-0.1, -0.05) is 29.8 Å². The first-order valence-electron chi connectivity index (χ1n) is 7.51. The quantitative estimate of drug-likeness (QED) is 0.886. The third-order valence-corrected chi connectivity index (χ3v) is 3.75. The van der Waals surface area contributed by atoms with Crippen molar-refractivity contribution in [2.75, 3.05) is 5.32 Å². The Morgan fingerprint density at radius 1 is 1.09 bits per heavy atom. The van der Waals surface area contributed by atoms with Gasteiger partial charge in [0.25, 0.3) is 0 Å². The van der Waals surface area contributed by atoms with Gasteiger partial charge in [0.2, 0.25) is 5.91 Å². The highest BCUT2D eigenvalue weighted by molar-refractivity contribution is 5.86. The Labute approximate surface area is 129 Å². The van der Waals surface area contributed by atoms with Crippen LogP contribution < -0.4 is 10.6 Å². The van der Waals surface area contributed by atoms with E-state index in [1.54, 1.807) is 12.1 Å². The molecule has 0 aromatic heterocycles. The van der Waals surface area contributed by atoms with Crippen molar-refractivity contribution in [3.63, 3.8) is 0 Å².